The van der Waals surface area contributed by atoms with E-state index in [2.05, 4.69) is 9.97 Å². The normalized spacial score (nSPS) is 10.1. The Morgan fingerprint density at radius 3 is 2.37 bits per heavy atom. The third-order valence-electron chi connectivity index (χ3n) is 2.41. The standard InChI is InChI=1S/C13H14N2O4/c1-17-10-4-3-5-11(18-2)13(10)19-12-7-14-6-9(8-16)15-12/h3-7,16H,8H2,1-2H3. The van der Waals surface area contributed by atoms with Crippen LogP contribution in [0.3, 0.4) is 0 Å². The lowest BCUT2D eigenvalue weighted by Gasteiger charge is -2.13. The van der Waals surface area contributed by atoms with Crippen molar-refractivity contribution in [2.75, 3.05) is 14.2 Å². The summed E-state index contributed by atoms with van der Waals surface area (Å²) in [5.41, 5.74) is 0.423. The van der Waals surface area contributed by atoms with Gasteiger partial charge < -0.3 is 19.3 Å². The highest BCUT2D eigenvalue weighted by Gasteiger charge is 2.13. The molecule has 6 nitrogen and oxygen atoms in total. The Hall–Kier alpha value is -2.34. The van der Waals surface area contributed by atoms with Crippen molar-refractivity contribution >= 4 is 0 Å². The van der Waals surface area contributed by atoms with Gasteiger partial charge in [0.1, 0.15) is 0 Å². The van der Waals surface area contributed by atoms with Crippen molar-refractivity contribution in [1.29, 1.82) is 0 Å². The monoisotopic (exact) mass is 262 g/mol. The lowest BCUT2D eigenvalue weighted by Crippen LogP contribution is -1.98. The summed E-state index contributed by atoms with van der Waals surface area (Å²) in [4.78, 5) is 8.02. The zero-order chi connectivity index (χ0) is 13.7. The van der Waals surface area contributed by atoms with Crippen molar-refractivity contribution < 1.29 is 19.3 Å². The third-order valence-corrected chi connectivity index (χ3v) is 2.41. The minimum absolute atomic E-state index is 0.201. The van der Waals surface area contributed by atoms with Crippen molar-refractivity contribution in [1.82, 2.24) is 9.97 Å². The molecule has 0 bridgehead atoms. The van der Waals surface area contributed by atoms with E-state index in [-0.39, 0.29) is 12.5 Å². The van der Waals surface area contributed by atoms with E-state index in [0.717, 1.165) is 0 Å². The smallest absolute Gasteiger partial charge is 0.238 e. The fraction of sp³-hybridized carbons (Fsp3) is 0.231. The topological polar surface area (TPSA) is 73.7 Å². The Labute approximate surface area is 110 Å². The molecule has 1 aromatic heterocycles. The van der Waals surface area contributed by atoms with Crippen LogP contribution < -0.4 is 14.2 Å². The Bertz CT molecular complexity index is 538. The first kappa shape index (κ1) is 13.1. The molecule has 100 valence electrons. The van der Waals surface area contributed by atoms with Gasteiger partial charge in [0.05, 0.1) is 38.9 Å². The summed E-state index contributed by atoms with van der Waals surface area (Å²) in [6.45, 7) is -0.201. The van der Waals surface area contributed by atoms with Gasteiger partial charge in [-0.1, -0.05) is 6.07 Å². The number of aliphatic hydroxyl groups excluding tert-OH is 1. The van der Waals surface area contributed by atoms with Crippen LogP contribution in [0.15, 0.2) is 30.6 Å². The van der Waals surface area contributed by atoms with Gasteiger partial charge >= 0.3 is 0 Å². The van der Waals surface area contributed by atoms with Gasteiger partial charge in [-0.2, -0.15) is 0 Å². The summed E-state index contributed by atoms with van der Waals surface area (Å²) in [7, 11) is 3.08. The molecule has 2 rings (SSSR count). The molecule has 0 radical (unpaired) electrons. The lowest BCUT2D eigenvalue weighted by atomic mass is 10.3. The van der Waals surface area contributed by atoms with Gasteiger partial charge in [-0.25, -0.2) is 4.98 Å². The Morgan fingerprint density at radius 2 is 1.79 bits per heavy atom. The molecule has 2 aromatic rings. The molecule has 0 unspecified atom stereocenters. The van der Waals surface area contributed by atoms with E-state index in [0.29, 0.717) is 22.9 Å². The summed E-state index contributed by atoms with van der Waals surface area (Å²) < 4.78 is 16.1. The molecule has 1 N–H and O–H groups in total. The second-order valence-electron chi connectivity index (χ2n) is 3.60. The molecule has 1 heterocycles. The van der Waals surface area contributed by atoms with Crippen LogP contribution in [0.25, 0.3) is 0 Å². The number of benzene rings is 1. The highest BCUT2D eigenvalue weighted by Crippen LogP contribution is 2.39. The summed E-state index contributed by atoms with van der Waals surface area (Å²) >= 11 is 0. The van der Waals surface area contributed by atoms with Crippen LogP contribution in [-0.4, -0.2) is 29.3 Å². The molecule has 0 spiro atoms. The number of para-hydroxylation sites is 1. The van der Waals surface area contributed by atoms with Crippen LogP contribution in [-0.2, 0) is 6.61 Å². The lowest BCUT2D eigenvalue weighted by molar-refractivity contribution is 0.273. The maximum Gasteiger partial charge on any atom is 0.238 e. The van der Waals surface area contributed by atoms with E-state index < -0.39 is 0 Å². The van der Waals surface area contributed by atoms with E-state index in [1.54, 1.807) is 18.2 Å². The van der Waals surface area contributed by atoms with Crippen molar-refractivity contribution in [3.05, 3.63) is 36.3 Å². The van der Waals surface area contributed by atoms with E-state index in [1.807, 2.05) is 0 Å². The number of methoxy groups -OCH3 is 2. The molecule has 0 aliphatic heterocycles. The maximum absolute atomic E-state index is 9.02. The highest BCUT2D eigenvalue weighted by atomic mass is 16.5. The van der Waals surface area contributed by atoms with Gasteiger partial charge in [0.15, 0.2) is 11.5 Å². The van der Waals surface area contributed by atoms with Gasteiger partial charge in [-0.15, -0.1) is 0 Å². The van der Waals surface area contributed by atoms with Crippen LogP contribution in [0.4, 0.5) is 0 Å². The van der Waals surface area contributed by atoms with Crippen molar-refractivity contribution in [3.63, 3.8) is 0 Å². The highest BCUT2D eigenvalue weighted by molar-refractivity contribution is 5.52. The molecule has 0 amide bonds. The van der Waals surface area contributed by atoms with E-state index in [9.17, 15) is 0 Å². The van der Waals surface area contributed by atoms with Gasteiger partial charge in [-0.05, 0) is 12.1 Å². The van der Waals surface area contributed by atoms with Gasteiger partial charge in [0.2, 0.25) is 11.6 Å². The van der Waals surface area contributed by atoms with Gasteiger partial charge in [0, 0.05) is 0 Å². The van der Waals surface area contributed by atoms with Crippen molar-refractivity contribution in [2.45, 2.75) is 6.61 Å². The largest absolute Gasteiger partial charge is 0.493 e. The van der Waals surface area contributed by atoms with E-state index in [4.69, 9.17) is 19.3 Å². The first-order valence-corrected chi connectivity index (χ1v) is 5.59. The number of ether oxygens (including phenoxy) is 3. The molecule has 0 atom stereocenters. The molecule has 0 aliphatic carbocycles. The number of aromatic nitrogens is 2. The molecule has 1 aromatic carbocycles. The van der Waals surface area contributed by atoms with Crippen LogP contribution in [0.1, 0.15) is 5.69 Å². The zero-order valence-corrected chi connectivity index (χ0v) is 10.7. The summed E-state index contributed by atoms with van der Waals surface area (Å²) in [5, 5.41) is 9.02. The molecule has 19 heavy (non-hydrogen) atoms. The number of aliphatic hydroxyl groups is 1. The molecular weight excluding hydrogens is 248 g/mol. The molecule has 0 saturated heterocycles. The zero-order valence-electron chi connectivity index (χ0n) is 10.7. The minimum Gasteiger partial charge on any atom is -0.493 e. The average Bonchev–Trinajstić information content (AvgIpc) is 2.47. The number of nitrogens with zero attached hydrogens (tertiary/aromatic N) is 2. The van der Waals surface area contributed by atoms with E-state index >= 15 is 0 Å². The molecule has 0 fully saturated rings. The average molecular weight is 262 g/mol. The summed E-state index contributed by atoms with van der Waals surface area (Å²) in [6, 6.07) is 5.29. The Morgan fingerprint density at radius 1 is 1.11 bits per heavy atom. The van der Waals surface area contributed by atoms with Crippen LogP contribution >= 0.6 is 0 Å². The SMILES string of the molecule is COc1cccc(OC)c1Oc1cncc(CO)n1. The van der Waals surface area contributed by atoms with Crippen LogP contribution in [0.5, 0.6) is 23.1 Å². The van der Waals surface area contributed by atoms with Crippen LogP contribution in [0, 0.1) is 0 Å². The molecule has 0 saturated carbocycles. The minimum atomic E-state index is -0.201. The first-order valence-electron chi connectivity index (χ1n) is 5.59. The van der Waals surface area contributed by atoms with Crippen molar-refractivity contribution in [2.24, 2.45) is 0 Å². The number of rotatable bonds is 5. The second kappa shape index (κ2) is 6.01. The van der Waals surface area contributed by atoms with Crippen LogP contribution in [0.2, 0.25) is 0 Å². The Kier molecular flexibility index (Phi) is 4.15. The molecular formula is C13H14N2O4. The van der Waals surface area contributed by atoms with Crippen molar-refractivity contribution in [3.8, 4) is 23.1 Å². The summed E-state index contributed by atoms with van der Waals surface area (Å²) in [6.07, 6.45) is 2.91. The molecule has 0 aliphatic rings. The fourth-order valence-electron chi connectivity index (χ4n) is 1.53. The van der Waals surface area contributed by atoms with E-state index in [1.165, 1.54) is 26.6 Å². The van der Waals surface area contributed by atoms with Gasteiger partial charge in [-0.3, -0.25) is 4.98 Å². The predicted molar refractivity (Wildman–Crippen MR) is 67.6 cm³/mol. The third kappa shape index (κ3) is 2.92. The van der Waals surface area contributed by atoms with Gasteiger partial charge in [0.25, 0.3) is 0 Å². The first-order chi connectivity index (χ1) is 9.28. The maximum atomic E-state index is 9.02. The Balaban J connectivity index is 2.36. The molecule has 6 heteroatoms. The quantitative estimate of drug-likeness (QED) is 0.885. The number of hydrogen-bond donors (Lipinski definition) is 1. The predicted octanol–water partition coefficient (Wildman–Crippen LogP) is 1.78. The summed E-state index contributed by atoms with van der Waals surface area (Å²) in [5.74, 6) is 1.72. The fourth-order valence-corrected chi connectivity index (χ4v) is 1.53. The second-order valence-corrected chi connectivity index (χ2v) is 3.60. The number of hydrogen-bond acceptors (Lipinski definition) is 6.